The standard InChI is InChI=1S/C22H23N7O3/c1-2-4-16(5-3-1)13-23-20-25-21(27-22(26-20)29-8-10-30-11-9-29)28-24-14-17-6-7-18-19(12-17)32-15-31-18/h1-7,12,14H,8-11,13,15H2,(H2,23,25,26,27,28). The van der Waals surface area contributed by atoms with Gasteiger partial charge >= 0.3 is 0 Å². The van der Waals surface area contributed by atoms with Crippen LogP contribution < -0.4 is 25.1 Å². The third kappa shape index (κ3) is 4.86. The molecule has 1 fully saturated rings. The van der Waals surface area contributed by atoms with Gasteiger partial charge in [-0.1, -0.05) is 30.3 Å². The summed E-state index contributed by atoms with van der Waals surface area (Å²) in [5, 5.41) is 7.56. The van der Waals surface area contributed by atoms with E-state index >= 15 is 0 Å². The molecular formula is C22H23N7O3. The molecule has 3 heterocycles. The van der Waals surface area contributed by atoms with E-state index in [1.165, 1.54) is 0 Å². The van der Waals surface area contributed by atoms with Gasteiger partial charge in [0.2, 0.25) is 24.6 Å². The van der Waals surface area contributed by atoms with E-state index in [0.717, 1.165) is 30.0 Å². The lowest BCUT2D eigenvalue weighted by Gasteiger charge is -2.27. The van der Waals surface area contributed by atoms with Crippen LogP contribution in [0.4, 0.5) is 17.8 Å². The van der Waals surface area contributed by atoms with Gasteiger partial charge in [0.1, 0.15) is 0 Å². The van der Waals surface area contributed by atoms with Crippen LogP contribution in [0.5, 0.6) is 11.5 Å². The maximum Gasteiger partial charge on any atom is 0.250 e. The zero-order valence-electron chi connectivity index (χ0n) is 17.4. The Morgan fingerprint density at radius 1 is 0.938 bits per heavy atom. The van der Waals surface area contributed by atoms with E-state index in [2.05, 4.69) is 35.7 Å². The first-order valence-corrected chi connectivity index (χ1v) is 10.4. The molecule has 1 saturated heterocycles. The smallest absolute Gasteiger partial charge is 0.250 e. The van der Waals surface area contributed by atoms with Crippen LogP contribution in [0.3, 0.4) is 0 Å². The zero-order valence-corrected chi connectivity index (χ0v) is 17.4. The van der Waals surface area contributed by atoms with Crippen molar-refractivity contribution in [1.29, 1.82) is 0 Å². The molecule has 1 aromatic heterocycles. The largest absolute Gasteiger partial charge is 0.454 e. The highest BCUT2D eigenvalue weighted by molar-refractivity contribution is 5.81. The Morgan fingerprint density at radius 2 is 1.75 bits per heavy atom. The second-order valence-electron chi connectivity index (χ2n) is 7.20. The Balaban J connectivity index is 1.32. The topological polar surface area (TPSA) is 106 Å². The highest BCUT2D eigenvalue weighted by atomic mass is 16.7. The number of hydrazone groups is 1. The van der Waals surface area contributed by atoms with Gasteiger partial charge in [-0.25, -0.2) is 5.43 Å². The fourth-order valence-corrected chi connectivity index (χ4v) is 3.33. The van der Waals surface area contributed by atoms with Crippen molar-refractivity contribution in [2.45, 2.75) is 6.54 Å². The third-order valence-corrected chi connectivity index (χ3v) is 4.99. The van der Waals surface area contributed by atoms with Crippen LogP contribution in [0.2, 0.25) is 0 Å². The van der Waals surface area contributed by atoms with Gasteiger partial charge in [0.25, 0.3) is 0 Å². The predicted molar refractivity (Wildman–Crippen MR) is 120 cm³/mol. The molecule has 2 aliphatic rings. The summed E-state index contributed by atoms with van der Waals surface area (Å²) in [6, 6.07) is 15.7. The van der Waals surface area contributed by atoms with E-state index in [4.69, 9.17) is 14.2 Å². The Kier molecular flexibility index (Phi) is 5.93. The quantitative estimate of drug-likeness (QED) is 0.429. The number of rotatable bonds is 7. The van der Waals surface area contributed by atoms with E-state index < -0.39 is 0 Å². The van der Waals surface area contributed by atoms with Crippen molar-refractivity contribution in [3.8, 4) is 11.5 Å². The highest BCUT2D eigenvalue weighted by Crippen LogP contribution is 2.32. The lowest BCUT2D eigenvalue weighted by atomic mass is 10.2. The second-order valence-corrected chi connectivity index (χ2v) is 7.20. The molecule has 2 aromatic carbocycles. The number of hydrogen-bond acceptors (Lipinski definition) is 10. The summed E-state index contributed by atoms with van der Waals surface area (Å²) in [6.45, 7) is 3.58. The van der Waals surface area contributed by atoms with Gasteiger partial charge < -0.3 is 24.4 Å². The van der Waals surface area contributed by atoms with Crippen LogP contribution in [0.1, 0.15) is 11.1 Å². The summed E-state index contributed by atoms with van der Waals surface area (Å²) in [5.41, 5.74) is 4.92. The van der Waals surface area contributed by atoms with E-state index in [9.17, 15) is 0 Å². The SMILES string of the molecule is C(=NNc1nc(NCc2ccccc2)nc(N2CCOCC2)n1)c1ccc2c(c1)OCO2. The first kappa shape index (κ1) is 20.0. The Labute approximate surface area is 185 Å². The fourth-order valence-electron chi connectivity index (χ4n) is 3.33. The van der Waals surface area contributed by atoms with E-state index in [-0.39, 0.29) is 6.79 Å². The molecule has 0 bridgehead atoms. The maximum atomic E-state index is 5.45. The first-order chi connectivity index (χ1) is 15.8. The van der Waals surface area contributed by atoms with Gasteiger partial charge in [-0.3, -0.25) is 0 Å². The summed E-state index contributed by atoms with van der Waals surface area (Å²) in [7, 11) is 0. The molecule has 32 heavy (non-hydrogen) atoms. The van der Waals surface area contributed by atoms with Crippen LogP contribution >= 0.6 is 0 Å². The minimum atomic E-state index is 0.238. The molecule has 0 aliphatic carbocycles. The van der Waals surface area contributed by atoms with E-state index in [1.54, 1.807) is 6.21 Å². The monoisotopic (exact) mass is 433 g/mol. The van der Waals surface area contributed by atoms with Gasteiger partial charge in [0.15, 0.2) is 11.5 Å². The second kappa shape index (κ2) is 9.48. The van der Waals surface area contributed by atoms with Gasteiger partial charge in [0, 0.05) is 19.6 Å². The molecule has 10 nitrogen and oxygen atoms in total. The molecule has 164 valence electrons. The maximum absolute atomic E-state index is 5.45. The van der Waals surface area contributed by atoms with Crippen molar-refractivity contribution < 1.29 is 14.2 Å². The van der Waals surface area contributed by atoms with Crippen molar-refractivity contribution in [2.75, 3.05) is 48.7 Å². The number of morpholine rings is 1. The molecule has 10 heteroatoms. The van der Waals surface area contributed by atoms with Crippen molar-refractivity contribution in [1.82, 2.24) is 15.0 Å². The Morgan fingerprint density at radius 3 is 2.62 bits per heavy atom. The molecule has 3 aromatic rings. The third-order valence-electron chi connectivity index (χ3n) is 4.99. The molecular weight excluding hydrogens is 410 g/mol. The summed E-state index contributed by atoms with van der Waals surface area (Å²) < 4.78 is 16.2. The lowest BCUT2D eigenvalue weighted by Crippen LogP contribution is -2.37. The van der Waals surface area contributed by atoms with Crippen molar-refractivity contribution in [3.63, 3.8) is 0 Å². The molecule has 5 rings (SSSR count). The molecule has 0 atom stereocenters. The van der Waals surface area contributed by atoms with Gasteiger partial charge in [-0.05, 0) is 29.3 Å². The number of anilines is 3. The molecule has 0 amide bonds. The fraction of sp³-hybridized carbons (Fsp3) is 0.273. The minimum absolute atomic E-state index is 0.238. The number of hydrogen-bond donors (Lipinski definition) is 2. The van der Waals surface area contributed by atoms with Gasteiger partial charge in [-0.2, -0.15) is 20.1 Å². The normalized spacial score (nSPS) is 15.2. The van der Waals surface area contributed by atoms with Gasteiger partial charge in [-0.15, -0.1) is 0 Å². The highest BCUT2D eigenvalue weighted by Gasteiger charge is 2.17. The minimum Gasteiger partial charge on any atom is -0.454 e. The van der Waals surface area contributed by atoms with E-state index in [1.807, 2.05) is 48.5 Å². The van der Waals surface area contributed by atoms with Crippen molar-refractivity contribution in [3.05, 3.63) is 59.7 Å². The van der Waals surface area contributed by atoms with Crippen LogP contribution in [0.25, 0.3) is 0 Å². The van der Waals surface area contributed by atoms with Crippen LogP contribution in [-0.4, -0.2) is 54.3 Å². The molecule has 0 spiro atoms. The molecule has 0 unspecified atom stereocenters. The van der Waals surface area contributed by atoms with Crippen LogP contribution in [-0.2, 0) is 11.3 Å². The molecule has 2 N–H and O–H groups in total. The first-order valence-electron chi connectivity index (χ1n) is 10.4. The van der Waals surface area contributed by atoms with Crippen LogP contribution in [0.15, 0.2) is 53.6 Å². The van der Waals surface area contributed by atoms with Crippen molar-refractivity contribution >= 4 is 24.1 Å². The number of aromatic nitrogens is 3. The predicted octanol–water partition coefficient (Wildman–Crippen LogP) is 2.50. The summed E-state index contributed by atoms with van der Waals surface area (Å²) >= 11 is 0. The number of nitrogens with zero attached hydrogens (tertiary/aromatic N) is 5. The van der Waals surface area contributed by atoms with Crippen molar-refractivity contribution in [2.24, 2.45) is 5.10 Å². The number of benzene rings is 2. The average molecular weight is 433 g/mol. The molecule has 0 radical (unpaired) electrons. The summed E-state index contributed by atoms with van der Waals surface area (Å²) in [5.74, 6) is 2.85. The summed E-state index contributed by atoms with van der Waals surface area (Å²) in [6.07, 6.45) is 1.68. The zero-order chi connectivity index (χ0) is 21.6. The molecule has 2 aliphatic heterocycles. The number of ether oxygens (including phenoxy) is 3. The van der Waals surface area contributed by atoms with E-state index in [0.29, 0.717) is 43.4 Å². The summed E-state index contributed by atoms with van der Waals surface area (Å²) in [4.78, 5) is 15.7. The average Bonchev–Trinajstić information content (AvgIpc) is 3.32. The lowest BCUT2D eigenvalue weighted by molar-refractivity contribution is 0.122. The number of fused-ring (bicyclic) bond motifs is 1. The molecule has 0 saturated carbocycles. The Bertz CT molecular complexity index is 1090. The van der Waals surface area contributed by atoms with Crippen LogP contribution in [0, 0.1) is 0 Å². The number of nitrogens with one attached hydrogen (secondary N) is 2. The van der Waals surface area contributed by atoms with Gasteiger partial charge in [0.05, 0.1) is 19.4 Å². The Hall–Kier alpha value is -3.92.